The maximum Gasteiger partial charge on any atom is 0.101 e. The summed E-state index contributed by atoms with van der Waals surface area (Å²) in [5.41, 5.74) is 1.53. The maximum absolute atomic E-state index is 8.83. The first-order valence-corrected chi connectivity index (χ1v) is 5.53. The van der Waals surface area contributed by atoms with Gasteiger partial charge in [0.15, 0.2) is 0 Å². The molecule has 1 aromatic rings. The van der Waals surface area contributed by atoms with E-state index in [4.69, 9.17) is 16.9 Å². The van der Waals surface area contributed by atoms with Crippen molar-refractivity contribution in [2.45, 2.75) is 25.8 Å². The van der Waals surface area contributed by atoms with Crippen LogP contribution in [0.25, 0.3) is 0 Å². The molecule has 1 aromatic carbocycles. The van der Waals surface area contributed by atoms with Crippen LogP contribution < -0.4 is 5.32 Å². The molecule has 2 rings (SSSR count). The molecule has 78 valence electrons. The molecule has 0 spiro atoms. The van der Waals surface area contributed by atoms with Gasteiger partial charge < -0.3 is 5.32 Å². The summed E-state index contributed by atoms with van der Waals surface area (Å²) in [6.07, 6.45) is 2.43. The number of hydrogen-bond acceptors (Lipinski definition) is 2. The zero-order chi connectivity index (χ0) is 10.8. The Morgan fingerprint density at radius 1 is 1.47 bits per heavy atom. The first-order chi connectivity index (χ1) is 7.19. The van der Waals surface area contributed by atoms with Gasteiger partial charge in [-0.2, -0.15) is 5.26 Å². The van der Waals surface area contributed by atoms with Crippen LogP contribution in [0.15, 0.2) is 18.2 Å². The molecule has 1 aliphatic rings. The normalized spacial score (nSPS) is 24.1. The molecule has 0 atom stereocenters. The molecule has 1 N–H and O–H groups in total. The van der Waals surface area contributed by atoms with E-state index >= 15 is 0 Å². The van der Waals surface area contributed by atoms with Gasteiger partial charge in [0.1, 0.15) is 6.07 Å². The highest BCUT2D eigenvalue weighted by Crippen LogP contribution is 2.30. The lowest BCUT2D eigenvalue weighted by atomic mass is 9.82. The smallest absolute Gasteiger partial charge is 0.101 e. The van der Waals surface area contributed by atoms with Gasteiger partial charge in [-0.15, -0.1) is 0 Å². The lowest BCUT2D eigenvalue weighted by Gasteiger charge is -2.34. The van der Waals surface area contributed by atoms with E-state index in [2.05, 4.69) is 18.3 Å². The zero-order valence-electron chi connectivity index (χ0n) is 8.63. The molecule has 0 saturated heterocycles. The summed E-state index contributed by atoms with van der Waals surface area (Å²) in [5, 5.41) is 12.7. The average molecular weight is 221 g/mol. The van der Waals surface area contributed by atoms with Crippen molar-refractivity contribution < 1.29 is 0 Å². The third-order valence-corrected chi connectivity index (χ3v) is 3.16. The molecule has 0 radical (unpaired) electrons. The number of nitrogens with zero attached hydrogens (tertiary/aromatic N) is 1. The Morgan fingerprint density at radius 2 is 2.20 bits per heavy atom. The Morgan fingerprint density at radius 3 is 2.80 bits per heavy atom. The highest BCUT2D eigenvalue weighted by atomic mass is 35.5. The monoisotopic (exact) mass is 220 g/mol. The topological polar surface area (TPSA) is 35.8 Å². The Balaban J connectivity index is 2.06. The van der Waals surface area contributed by atoms with Gasteiger partial charge in [0, 0.05) is 11.7 Å². The summed E-state index contributed by atoms with van der Waals surface area (Å²) in [6.45, 7) is 2.25. The lowest BCUT2D eigenvalue weighted by molar-refractivity contribution is 0.309. The van der Waals surface area contributed by atoms with Crippen LogP contribution in [-0.2, 0) is 0 Å². The molecule has 0 bridgehead atoms. The van der Waals surface area contributed by atoms with Crippen molar-refractivity contribution in [3.05, 3.63) is 28.8 Å². The van der Waals surface area contributed by atoms with Crippen molar-refractivity contribution in [2.75, 3.05) is 5.32 Å². The molecule has 1 aliphatic carbocycles. The van der Waals surface area contributed by atoms with Crippen LogP contribution in [0.3, 0.4) is 0 Å². The molecule has 2 nitrogen and oxygen atoms in total. The molecule has 15 heavy (non-hydrogen) atoms. The number of nitrogens with one attached hydrogen (secondary N) is 1. The van der Waals surface area contributed by atoms with Gasteiger partial charge in [-0.3, -0.25) is 0 Å². The Hall–Kier alpha value is -1.20. The molecule has 0 aromatic heterocycles. The highest BCUT2D eigenvalue weighted by molar-refractivity contribution is 6.31. The zero-order valence-corrected chi connectivity index (χ0v) is 9.38. The van der Waals surface area contributed by atoms with Crippen LogP contribution in [0.1, 0.15) is 25.3 Å². The lowest BCUT2D eigenvalue weighted by Crippen LogP contribution is -2.33. The van der Waals surface area contributed by atoms with Gasteiger partial charge >= 0.3 is 0 Å². The quantitative estimate of drug-likeness (QED) is 0.829. The summed E-state index contributed by atoms with van der Waals surface area (Å²) < 4.78 is 0. The van der Waals surface area contributed by atoms with Crippen LogP contribution in [0.5, 0.6) is 0 Å². The van der Waals surface area contributed by atoms with Gasteiger partial charge in [-0.25, -0.2) is 0 Å². The molecular weight excluding hydrogens is 208 g/mol. The van der Waals surface area contributed by atoms with E-state index < -0.39 is 0 Å². The number of benzene rings is 1. The minimum atomic E-state index is 0.519. The highest BCUT2D eigenvalue weighted by Gasteiger charge is 2.24. The minimum absolute atomic E-state index is 0.519. The first-order valence-electron chi connectivity index (χ1n) is 5.15. The molecule has 0 aliphatic heterocycles. The molecule has 0 unspecified atom stereocenters. The van der Waals surface area contributed by atoms with Crippen molar-refractivity contribution in [2.24, 2.45) is 5.92 Å². The predicted octanol–water partition coefficient (Wildman–Crippen LogP) is 3.42. The van der Waals surface area contributed by atoms with E-state index in [1.54, 1.807) is 6.07 Å². The van der Waals surface area contributed by atoms with Crippen molar-refractivity contribution in [3.8, 4) is 6.07 Å². The summed E-state index contributed by atoms with van der Waals surface area (Å²) in [5.74, 6) is 0.824. The Labute approximate surface area is 94.9 Å². The number of halogens is 1. The second-order valence-electron chi connectivity index (χ2n) is 4.22. The molecule has 0 amide bonds. The fraction of sp³-hybridized carbons (Fsp3) is 0.417. The summed E-state index contributed by atoms with van der Waals surface area (Å²) in [4.78, 5) is 0. The van der Waals surface area contributed by atoms with Gasteiger partial charge in [-0.1, -0.05) is 18.5 Å². The summed E-state index contributed by atoms with van der Waals surface area (Å²) in [6, 6.07) is 8.15. The second kappa shape index (κ2) is 4.12. The molecule has 0 heterocycles. The van der Waals surface area contributed by atoms with E-state index in [1.807, 2.05) is 12.1 Å². The van der Waals surface area contributed by atoms with Crippen molar-refractivity contribution >= 4 is 17.3 Å². The van der Waals surface area contributed by atoms with Crippen molar-refractivity contribution in [1.29, 1.82) is 5.26 Å². The van der Waals surface area contributed by atoms with Crippen LogP contribution in [0.2, 0.25) is 5.02 Å². The van der Waals surface area contributed by atoms with E-state index in [-0.39, 0.29) is 0 Å². The fourth-order valence-electron chi connectivity index (χ4n) is 1.96. The summed E-state index contributed by atoms with van der Waals surface area (Å²) >= 11 is 5.85. The minimum Gasteiger partial charge on any atom is -0.382 e. The molecule has 3 heteroatoms. The van der Waals surface area contributed by atoms with E-state index in [1.165, 1.54) is 12.8 Å². The second-order valence-corrected chi connectivity index (χ2v) is 4.63. The van der Waals surface area contributed by atoms with Crippen LogP contribution in [0.4, 0.5) is 5.69 Å². The predicted molar refractivity (Wildman–Crippen MR) is 62.0 cm³/mol. The average Bonchev–Trinajstić information content (AvgIpc) is 2.18. The van der Waals surface area contributed by atoms with Crippen LogP contribution in [-0.4, -0.2) is 6.04 Å². The van der Waals surface area contributed by atoms with Gasteiger partial charge in [0.25, 0.3) is 0 Å². The van der Waals surface area contributed by atoms with Crippen LogP contribution in [0, 0.1) is 17.2 Å². The van der Waals surface area contributed by atoms with E-state index in [0.717, 1.165) is 11.6 Å². The van der Waals surface area contributed by atoms with E-state index in [9.17, 15) is 0 Å². The molecular formula is C12H13ClN2. The first kappa shape index (κ1) is 10.3. The standard InChI is InChI=1S/C12H13ClN2/c1-8-4-11(5-8)15-10-2-3-12(13)9(6-10)7-14/h2-3,6,8,11,15H,4-5H2,1H3. The molecule has 1 fully saturated rings. The Bertz CT molecular complexity index is 403. The number of hydrogen-bond donors (Lipinski definition) is 1. The Kier molecular flexibility index (Phi) is 2.83. The SMILES string of the molecule is CC1CC(Nc2ccc(Cl)c(C#N)c2)C1. The number of rotatable bonds is 2. The van der Waals surface area contributed by atoms with Gasteiger partial charge in [0.2, 0.25) is 0 Å². The number of nitriles is 1. The number of anilines is 1. The largest absolute Gasteiger partial charge is 0.382 e. The van der Waals surface area contributed by atoms with Crippen LogP contribution >= 0.6 is 11.6 Å². The van der Waals surface area contributed by atoms with Crippen molar-refractivity contribution in [1.82, 2.24) is 0 Å². The maximum atomic E-state index is 8.83. The van der Waals surface area contributed by atoms with Gasteiger partial charge in [0.05, 0.1) is 10.6 Å². The van der Waals surface area contributed by atoms with Crippen molar-refractivity contribution in [3.63, 3.8) is 0 Å². The third-order valence-electron chi connectivity index (χ3n) is 2.83. The van der Waals surface area contributed by atoms with Gasteiger partial charge in [-0.05, 0) is 37.0 Å². The van der Waals surface area contributed by atoms with E-state index in [0.29, 0.717) is 16.6 Å². The fourth-order valence-corrected chi connectivity index (χ4v) is 2.12. The third kappa shape index (κ3) is 2.24. The molecule has 1 saturated carbocycles. The summed E-state index contributed by atoms with van der Waals surface area (Å²) in [7, 11) is 0.